The highest BCUT2D eigenvalue weighted by Gasteiger charge is 2.16. The van der Waals surface area contributed by atoms with Gasteiger partial charge in [0.05, 0.1) is 22.8 Å². The molecule has 28 heavy (non-hydrogen) atoms. The van der Waals surface area contributed by atoms with Crippen LogP contribution in [0.3, 0.4) is 0 Å². The number of nitro groups is 1. The predicted octanol–water partition coefficient (Wildman–Crippen LogP) is 3.23. The van der Waals surface area contributed by atoms with E-state index in [4.69, 9.17) is 4.74 Å². The van der Waals surface area contributed by atoms with Crippen molar-refractivity contribution in [2.45, 2.75) is 6.92 Å². The highest BCUT2D eigenvalue weighted by molar-refractivity contribution is 6.09. The molecule has 2 aromatic carbocycles. The first kappa shape index (κ1) is 20.1. The zero-order valence-corrected chi connectivity index (χ0v) is 14.8. The molecule has 0 bridgehead atoms. The lowest BCUT2D eigenvalue weighted by Gasteiger charge is -2.10. The lowest BCUT2D eigenvalue weighted by molar-refractivity contribution is -0.384. The molecule has 142 valence electrons. The molecular weight excluding hydrogens is 364 g/mol. The Balaban J connectivity index is 2.18. The summed E-state index contributed by atoms with van der Waals surface area (Å²) in [5.41, 5.74) is 0.264. The first-order valence-electron chi connectivity index (χ1n) is 8.15. The van der Waals surface area contributed by atoms with E-state index in [1.54, 1.807) is 31.2 Å². The average molecular weight is 380 g/mol. The number of non-ortho nitro benzene ring substituents is 1. The number of ether oxygens (including phenoxy) is 1. The van der Waals surface area contributed by atoms with E-state index in [9.17, 15) is 25.0 Å². The minimum absolute atomic E-state index is 0.135. The number of esters is 1. The van der Waals surface area contributed by atoms with Crippen LogP contribution in [0.5, 0.6) is 0 Å². The lowest BCUT2D eigenvalue weighted by Crippen LogP contribution is -2.17. The van der Waals surface area contributed by atoms with E-state index in [-0.39, 0.29) is 29.1 Å². The minimum Gasteiger partial charge on any atom is -0.462 e. The summed E-state index contributed by atoms with van der Waals surface area (Å²) < 4.78 is 4.94. The van der Waals surface area contributed by atoms with Crippen molar-refractivity contribution in [2.75, 3.05) is 17.2 Å². The number of hydrogen-bond acceptors (Lipinski definition) is 7. The maximum absolute atomic E-state index is 12.4. The molecule has 0 saturated carbocycles. The van der Waals surface area contributed by atoms with Gasteiger partial charge in [-0.3, -0.25) is 14.9 Å². The Kier molecular flexibility index (Phi) is 6.82. The van der Waals surface area contributed by atoms with Gasteiger partial charge in [-0.05, 0) is 25.1 Å². The Labute approximate surface area is 160 Å². The van der Waals surface area contributed by atoms with Crippen molar-refractivity contribution in [1.82, 2.24) is 0 Å². The molecule has 0 aromatic heterocycles. The molecule has 0 radical (unpaired) electrons. The van der Waals surface area contributed by atoms with Gasteiger partial charge in [-0.2, -0.15) is 5.26 Å². The van der Waals surface area contributed by atoms with Crippen LogP contribution in [-0.2, 0) is 9.53 Å². The van der Waals surface area contributed by atoms with Crippen LogP contribution in [0.2, 0.25) is 0 Å². The molecule has 9 heteroatoms. The zero-order chi connectivity index (χ0) is 20.5. The van der Waals surface area contributed by atoms with E-state index >= 15 is 0 Å². The van der Waals surface area contributed by atoms with E-state index in [1.807, 2.05) is 0 Å². The molecule has 0 spiro atoms. The summed E-state index contributed by atoms with van der Waals surface area (Å²) in [6.45, 7) is 1.84. The molecule has 0 heterocycles. The van der Waals surface area contributed by atoms with Gasteiger partial charge in [-0.15, -0.1) is 0 Å². The van der Waals surface area contributed by atoms with Gasteiger partial charge >= 0.3 is 5.97 Å². The van der Waals surface area contributed by atoms with Crippen molar-refractivity contribution < 1.29 is 19.2 Å². The van der Waals surface area contributed by atoms with Gasteiger partial charge in [0.15, 0.2) is 0 Å². The maximum Gasteiger partial charge on any atom is 0.340 e. The predicted molar refractivity (Wildman–Crippen MR) is 101 cm³/mol. The van der Waals surface area contributed by atoms with Gasteiger partial charge < -0.3 is 15.4 Å². The van der Waals surface area contributed by atoms with E-state index in [0.29, 0.717) is 5.69 Å². The Hall–Kier alpha value is -4.19. The molecule has 2 N–H and O–H groups in total. The Bertz CT molecular complexity index is 978. The monoisotopic (exact) mass is 380 g/mol. The molecule has 1 amide bonds. The van der Waals surface area contributed by atoms with E-state index < -0.39 is 16.8 Å². The molecule has 0 aliphatic heterocycles. The van der Waals surface area contributed by atoms with Gasteiger partial charge in [-0.25, -0.2) is 4.79 Å². The van der Waals surface area contributed by atoms with Gasteiger partial charge in [0.1, 0.15) is 11.6 Å². The fourth-order valence-electron chi connectivity index (χ4n) is 2.18. The maximum atomic E-state index is 12.4. The molecule has 9 nitrogen and oxygen atoms in total. The first-order chi connectivity index (χ1) is 13.5. The Morgan fingerprint density at radius 2 is 2.00 bits per heavy atom. The van der Waals surface area contributed by atoms with Crippen LogP contribution in [0.4, 0.5) is 17.1 Å². The molecule has 0 saturated heterocycles. The second-order valence-corrected chi connectivity index (χ2v) is 5.34. The molecule has 0 fully saturated rings. The number of anilines is 2. The summed E-state index contributed by atoms with van der Waals surface area (Å²) in [6.07, 6.45) is 1.13. The topological polar surface area (TPSA) is 134 Å². The standard InChI is InChI=1S/C19H16N4O5/c1-2-28-19(25)16-8-3-4-9-17(16)22-18(24)13(11-20)12-21-14-6-5-7-15(10-14)23(26)27/h3-10,12,21H,2H2,1H3,(H,22,24)/b13-12-. The SMILES string of the molecule is CCOC(=O)c1ccccc1NC(=O)/C(C#N)=C\Nc1cccc([N+](=O)[O-])c1. The van der Waals surface area contributed by atoms with Crippen molar-refractivity contribution in [3.63, 3.8) is 0 Å². The summed E-state index contributed by atoms with van der Waals surface area (Å²) in [7, 11) is 0. The van der Waals surface area contributed by atoms with Crippen LogP contribution in [0.1, 0.15) is 17.3 Å². The number of carbonyl (C=O) groups is 2. The van der Waals surface area contributed by atoms with E-state index in [1.165, 1.54) is 30.3 Å². The number of nitrogens with zero attached hydrogens (tertiary/aromatic N) is 2. The second-order valence-electron chi connectivity index (χ2n) is 5.34. The molecule has 2 aromatic rings. The number of rotatable bonds is 7. The van der Waals surface area contributed by atoms with Crippen LogP contribution < -0.4 is 10.6 Å². The van der Waals surface area contributed by atoms with Crippen LogP contribution in [0.15, 0.2) is 60.3 Å². The lowest BCUT2D eigenvalue weighted by atomic mass is 10.1. The number of hydrogen-bond donors (Lipinski definition) is 2. The largest absolute Gasteiger partial charge is 0.462 e. The van der Waals surface area contributed by atoms with Crippen LogP contribution in [0, 0.1) is 21.4 Å². The number of benzene rings is 2. The third-order valence-corrected chi connectivity index (χ3v) is 3.48. The number of nitrogens with one attached hydrogen (secondary N) is 2. The van der Waals surface area contributed by atoms with Crippen LogP contribution in [-0.4, -0.2) is 23.4 Å². The number of carbonyl (C=O) groups excluding carboxylic acids is 2. The van der Waals surface area contributed by atoms with Gasteiger partial charge in [0, 0.05) is 24.0 Å². The first-order valence-corrected chi connectivity index (χ1v) is 8.15. The molecule has 0 aliphatic rings. The van der Waals surface area contributed by atoms with Crippen molar-refractivity contribution in [1.29, 1.82) is 5.26 Å². The van der Waals surface area contributed by atoms with Gasteiger partial charge in [0.2, 0.25) is 0 Å². The molecular formula is C19H16N4O5. The van der Waals surface area contributed by atoms with Crippen molar-refractivity contribution in [3.8, 4) is 6.07 Å². The van der Waals surface area contributed by atoms with Gasteiger partial charge in [0.25, 0.3) is 11.6 Å². The normalized spacial score (nSPS) is 10.5. The van der Waals surface area contributed by atoms with Crippen molar-refractivity contribution in [3.05, 3.63) is 76.0 Å². The minimum atomic E-state index is -0.753. The zero-order valence-electron chi connectivity index (χ0n) is 14.8. The third kappa shape index (κ3) is 5.15. The smallest absolute Gasteiger partial charge is 0.340 e. The van der Waals surface area contributed by atoms with Gasteiger partial charge in [-0.1, -0.05) is 18.2 Å². The summed E-state index contributed by atoms with van der Waals surface area (Å²) in [5, 5.41) is 25.2. The summed E-state index contributed by atoms with van der Waals surface area (Å²) in [6, 6.07) is 13.6. The fourth-order valence-corrected chi connectivity index (χ4v) is 2.18. The third-order valence-electron chi connectivity index (χ3n) is 3.48. The van der Waals surface area contributed by atoms with Crippen LogP contribution in [0.25, 0.3) is 0 Å². The molecule has 0 unspecified atom stereocenters. The van der Waals surface area contributed by atoms with Crippen molar-refractivity contribution in [2.24, 2.45) is 0 Å². The van der Waals surface area contributed by atoms with E-state index in [2.05, 4.69) is 10.6 Å². The summed E-state index contributed by atoms with van der Waals surface area (Å²) in [5.74, 6) is -1.35. The highest BCUT2D eigenvalue weighted by Crippen LogP contribution is 2.19. The van der Waals surface area contributed by atoms with Crippen LogP contribution >= 0.6 is 0 Å². The summed E-state index contributed by atoms with van der Waals surface area (Å²) >= 11 is 0. The number of nitro benzene ring substituents is 1. The number of amides is 1. The fraction of sp³-hybridized carbons (Fsp3) is 0.105. The van der Waals surface area contributed by atoms with E-state index in [0.717, 1.165) is 6.20 Å². The molecule has 0 aliphatic carbocycles. The highest BCUT2D eigenvalue weighted by atomic mass is 16.6. The molecule has 2 rings (SSSR count). The molecule has 0 atom stereocenters. The summed E-state index contributed by atoms with van der Waals surface area (Å²) in [4.78, 5) is 34.6. The average Bonchev–Trinajstić information content (AvgIpc) is 2.69. The number of nitriles is 1. The Morgan fingerprint density at radius 1 is 1.25 bits per heavy atom. The quantitative estimate of drug-likeness (QED) is 0.247. The Morgan fingerprint density at radius 3 is 2.68 bits per heavy atom. The van der Waals surface area contributed by atoms with Crippen molar-refractivity contribution >= 4 is 28.9 Å². The second kappa shape index (κ2) is 9.49. The number of para-hydroxylation sites is 1.